The lowest BCUT2D eigenvalue weighted by Gasteiger charge is -2.37. The lowest BCUT2D eigenvalue weighted by Crippen LogP contribution is -2.47. The van der Waals surface area contributed by atoms with Gasteiger partial charge in [-0.1, -0.05) is 19.3 Å². The summed E-state index contributed by atoms with van der Waals surface area (Å²) in [6.07, 6.45) is 5.78. The molecule has 1 fully saturated rings. The summed E-state index contributed by atoms with van der Waals surface area (Å²) >= 11 is 0. The molecule has 0 spiro atoms. The van der Waals surface area contributed by atoms with Gasteiger partial charge in [-0.3, -0.25) is 4.79 Å². The summed E-state index contributed by atoms with van der Waals surface area (Å²) in [5, 5.41) is 0.870. The predicted molar refractivity (Wildman–Crippen MR) is 102 cm³/mol. The number of benzene rings is 1. The second-order valence-corrected chi connectivity index (χ2v) is 7.38. The Hall–Kier alpha value is -2.30. The van der Waals surface area contributed by atoms with E-state index >= 15 is 0 Å². The van der Waals surface area contributed by atoms with Gasteiger partial charge in [0.05, 0.1) is 0 Å². The molecule has 1 aliphatic rings. The highest BCUT2D eigenvalue weighted by atomic mass is 16.5. The van der Waals surface area contributed by atoms with Gasteiger partial charge < -0.3 is 14.1 Å². The number of nitrogens with zero attached hydrogens (tertiary/aromatic N) is 1. The van der Waals surface area contributed by atoms with Crippen LogP contribution in [0.15, 0.2) is 33.5 Å². The average Bonchev–Trinajstić information content (AvgIpc) is 2.60. The number of amides is 1. The number of hydrogen-bond donors (Lipinski definition) is 0. The monoisotopic (exact) mass is 357 g/mol. The lowest BCUT2D eigenvalue weighted by atomic mass is 9.93. The minimum absolute atomic E-state index is 0.00374. The van der Waals surface area contributed by atoms with Crippen LogP contribution in [0.5, 0.6) is 5.75 Å². The van der Waals surface area contributed by atoms with E-state index in [1.54, 1.807) is 6.07 Å². The molecule has 0 saturated heterocycles. The zero-order valence-electron chi connectivity index (χ0n) is 15.8. The molecule has 140 valence electrons. The van der Waals surface area contributed by atoms with Crippen LogP contribution < -0.4 is 10.4 Å². The SMILES string of the molecule is Cc1cc(=O)oc2cc(OCC(=O)N(C(C)C)C3CCCCC3)ccc12. The normalized spacial score (nSPS) is 15.4. The van der Waals surface area contributed by atoms with Crippen LogP contribution in [0.2, 0.25) is 0 Å². The molecule has 5 heteroatoms. The van der Waals surface area contributed by atoms with Crippen molar-refractivity contribution in [3.05, 3.63) is 40.2 Å². The summed E-state index contributed by atoms with van der Waals surface area (Å²) in [6.45, 7) is 5.98. The minimum atomic E-state index is -0.383. The smallest absolute Gasteiger partial charge is 0.336 e. The van der Waals surface area contributed by atoms with Gasteiger partial charge in [-0.15, -0.1) is 0 Å². The average molecular weight is 357 g/mol. The van der Waals surface area contributed by atoms with Gasteiger partial charge >= 0.3 is 5.63 Å². The molecule has 0 aliphatic heterocycles. The number of rotatable bonds is 5. The van der Waals surface area contributed by atoms with Crippen molar-refractivity contribution in [3.8, 4) is 5.75 Å². The molecule has 5 nitrogen and oxygen atoms in total. The van der Waals surface area contributed by atoms with Gasteiger partial charge in [0, 0.05) is 29.6 Å². The maximum atomic E-state index is 12.8. The zero-order valence-corrected chi connectivity index (χ0v) is 15.8. The highest BCUT2D eigenvalue weighted by molar-refractivity contribution is 5.82. The van der Waals surface area contributed by atoms with Crippen LogP contribution >= 0.6 is 0 Å². The van der Waals surface area contributed by atoms with Crippen LogP contribution in [-0.4, -0.2) is 29.5 Å². The van der Waals surface area contributed by atoms with Gasteiger partial charge in [0.1, 0.15) is 11.3 Å². The van der Waals surface area contributed by atoms with Crippen molar-refractivity contribution in [1.29, 1.82) is 0 Å². The van der Waals surface area contributed by atoms with E-state index in [1.165, 1.54) is 25.3 Å². The summed E-state index contributed by atoms with van der Waals surface area (Å²) in [7, 11) is 0. The Kier molecular flexibility index (Phi) is 5.64. The van der Waals surface area contributed by atoms with Gasteiger partial charge in [-0.2, -0.15) is 0 Å². The van der Waals surface area contributed by atoms with Crippen molar-refractivity contribution in [2.24, 2.45) is 0 Å². The summed E-state index contributed by atoms with van der Waals surface area (Å²) in [6, 6.07) is 7.29. The van der Waals surface area contributed by atoms with E-state index in [2.05, 4.69) is 13.8 Å². The summed E-state index contributed by atoms with van der Waals surface area (Å²) in [5.74, 6) is 0.546. The zero-order chi connectivity index (χ0) is 18.7. The van der Waals surface area contributed by atoms with Crippen molar-refractivity contribution >= 4 is 16.9 Å². The van der Waals surface area contributed by atoms with E-state index in [-0.39, 0.29) is 24.2 Å². The Labute approximate surface area is 153 Å². The van der Waals surface area contributed by atoms with Gasteiger partial charge in [-0.05, 0) is 51.3 Å². The molecule has 1 amide bonds. The van der Waals surface area contributed by atoms with Gasteiger partial charge in [0.25, 0.3) is 5.91 Å². The molecule has 1 aromatic carbocycles. The van der Waals surface area contributed by atoms with Crippen LogP contribution in [0.4, 0.5) is 0 Å². The largest absolute Gasteiger partial charge is 0.484 e. The highest BCUT2D eigenvalue weighted by Gasteiger charge is 2.27. The van der Waals surface area contributed by atoms with Crippen LogP contribution in [0, 0.1) is 6.92 Å². The van der Waals surface area contributed by atoms with E-state index < -0.39 is 0 Å². The predicted octanol–water partition coefficient (Wildman–Crippen LogP) is 4.05. The number of ether oxygens (including phenoxy) is 1. The van der Waals surface area contributed by atoms with Crippen molar-refractivity contribution in [3.63, 3.8) is 0 Å². The van der Waals surface area contributed by atoms with Crippen molar-refractivity contribution in [1.82, 2.24) is 4.90 Å². The Balaban J connectivity index is 1.71. The summed E-state index contributed by atoms with van der Waals surface area (Å²) in [5.41, 5.74) is 0.960. The van der Waals surface area contributed by atoms with E-state index in [0.717, 1.165) is 23.8 Å². The fraction of sp³-hybridized carbons (Fsp3) is 0.524. The van der Waals surface area contributed by atoms with Gasteiger partial charge in [0.2, 0.25) is 0 Å². The maximum absolute atomic E-state index is 12.8. The number of carbonyl (C=O) groups is 1. The fourth-order valence-electron chi connectivity index (χ4n) is 3.89. The third-order valence-corrected chi connectivity index (χ3v) is 5.10. The van der Waals surface area contributed by atoms with Crippen LogP contribution in [0.25, 0.3) is 11.0 Å². The second kappa shape index (κ2) is 7.94. The first-order valence-electron chi connectivity index (χ1n) is 9.44. The standard InChI is InChI=1S/C21H27NO4/c1-14(2)22(16-7-5-4-6-8-16)20(23)13-25-17-9-10-18-15(3)11-21(24)26-19(18)12-17/h9-12,14,16H,4-8,13H2,1-3H3. The Morgan fingerprint density at radius 1 is 1.23 bits per heavy atom. The van der Waals surface area contributed by atoms with E-state index in [4.69, 9.17) is 9.15 Å². The summed E-state index contributed by atoms with van der Waals surface area (Å²) < 4.78 is 11.0. The Morgan fingerprint density at radius 2 is 1.96 bits per heavy atom. The lowest BCUT2D eigenvalue weighted by molar-refractivity contribution is -0.138. The third kappa shape index (κ3) is 4.09. The number of carbonyl (C=O) groups excluding carboxylic acids is 1. The molecule has 1 heterocycles. The molecule has 0 N–H and O–H groups in total. The molecule has 2 aromatic rings. The summed E-state index contributed by atoms with van der Waals surface area (Å²) in [4.78, 5) is 26.3. The number of fused-ring (bicyclic) bond motifs is 1. The number of aryl methyl sites for hydroxylation is 1. The molecule has 26 heavy (non-hydrogen) atoms. The van der Waals surface area contributed by atoms with Crippen LogP contribution in [-0.2, 0) is 4.79 Å². The molecule has 0 radical (unpaired) electrons. The molecular weight excluding hydrogens is 330 g/mol. The van der Waals surface area contributed by atoms with Crippen LogP contribution in [0.1, 0.15) is 51.5 Å². The molecule has 1 aliphatic carbocycles. The first-order chi connectivity index (χ1) is 12.5. The van der Waals surface area contributed by atoms with Crippen molar-refractivity contribution in [2.45, 2.75) is 65.0 Å². The van der Waals surface area contributed by atoms with Gasteiger partial charge in [-0.25, -0.2) is 4.79 Å². The Morgan fingerprint density at radius 3 is 2.65 bits per heavy atom. The van der Waals surface area contributed by atoms with E-state index in [1.807, 2.05) is 24.0 Å². The first-order valence-corrected chi connectivity index (χ1v) is 9.44. The third-order valence-electron chi connectivity index (χ3n) is 5.10. The van der Waals surface area contributed by atoms with Crippen molar-refractivity contribution < 1.29 is 13.9 Å². The quantitative estimate of drug-likeness (QED) is 0.758. The molecule has 3 rings (SSSR count). The molecule has 0 atom stereocenters. The van der Waals surface area contributed by atoms with E-state index in [0.29, 0.717) is 17.4 Å². The molecule has 0 bridgehead atoms. The molecule has 0 unspecified atom stereocenters. The molecular formula is C21H27NO4. The molecule has 1 aromatic heterocycles. The number of hydrogen-bond acceptors (Lipinski definition) is 4. The Bertz CT molecular complexity index is 834. The first kappa shape index (κ1) is 18.5. The maximum Gasteiger partial charge on any atom is 0.336 e. The second-order valence-electron chi connectivity index (χ2n) is 7.38. The fourth-order valence-corrected chi connectivity index (χ4v) is 3.89. The van der Waals surface area contributed by atoms with Gasteiger partial charge in [0.15, 0.2) is 6.61 Å². The topological polar surface area (TPSA) is 59.8 Å². The van der Waals surface area contributed by atoms with E-state index in [9.17, 15) is 9.59 Å². The highest BCUT2D eigenvalue weighted by Crippen LogP contribution is 2.25. The van der Waals surface area contributed by atoms with Crippen molar-refractivity contribution in [2.75, 3.05) is 6.61 Å². The minimum Gasteiger partial charge on any atom is -0.484 e. The molecule has 1 saturated carbocycles. The van der Waals surface area contributed by atoms with Crippen LogP contribution in [0.3, 0.4) is 0 Å².